The lowest BCUT2D eigenvalue weighted by molar-refractivity contribution is 0.0838. The van der Waals surface area contributed by atoms with Crippen LogP contribution in [0.2, 0.25) is 10.0 Å². The number of aliphatic hydroxyl groups excluding tert-OH is 1. The van der Waals surface area contributed by atoms with Crippen LogP contribution in [0.5, 0.6) is 0 Å². The number of hydrogen-bond donors (Lipinski definition) is 3. The van der Waals surface area contributed by atoms with Gasteiger partial charge in [-0.25, -0.2) is 0 Å². The summed E-state index contributed by atoms with van der Waals surface area (Å²) in [7, 11) is 0. The van der Waals surface area contributed by atoms with Gasteiger partial charge in [0.05, 0.1) is 27.8 Å². The molecule has 0 heterocycles. The van der Waals surface area contributed by atoms with Crippen molar-refractivity contribution in [1.29, 1.82) is 0 Å². The van der Waals surface area contributed by atoms with E-state index in [0.29, 0.717) is 5.69 Å². The summed E-state index contributed by atoms with van der Waals surface area (Å²) in [5.41, 5.74) is 5.74. The Balaban J connectivity index is 2.25. The highest BCUT2D eigenvalue weighted by molar-refractivity contribution is 6.44. The smallest absolute Gasteiger partial charge is 0.253 e. The average molecular weight is 303 g/mol. The molecule has 1 fully saturated rings. The van der Waals surface area contributed by atoms with Gasteiger partial charge < -0.3 is 16.2 Å². The van der Waals surface area contributed by atoms with Gasteiger partial charge in [-0.05, 0) is 25.0 Å². The van der Waals surface area contributed by atoms with E-state index >= 15 is 0 Å². The molecule has 1 amide bonds. The molecule has 1 aliphatic carbocycles. The summed E-state index contributed by atoms with van der Waals surface area (Å²) in [6.07, 6.45) is 3.52. The van der Waals surface area contributed by atoms with Crippen LogP contribution in [0, 0.1) is 0 Å². The normalized spacial score (nSPS) is 17.4. The van der Waals surface area contributed by atoms with Gasteiger partial charge in [0.25, 0.3) is 5.91 Å². The summed E-state index contributed by atoms with van der Waals surface area (Å²) in [4.78, 5) is 12.3. The summed E-state index contributed by atoms with van der Waals surface area (Å²) < 4.78 is 0. The van der Waals surface area contributed by atoms with Gasteiger partial charge in [0.15, 0.2) is 0 Å². The van der Waals surface area contributed by atoms with E-state index in [-0.39, 0.29) is 28.1 Å². The Morgan fingerprint density at radius 3 is 2.58 bits per heavy atom. The van der Waals surface area contributed by atoms with E-state index in [9.17, 15) is 9.90 Å². The quantitative estimate of drug-likeness (QED) is 0.751. The molecule has 0 aromatic heterocycles. The molecule has 0 bridgehead atoms. The second kappa shape index (κ2) is 5.57. The summed E-state index contributed by atoms with van der Waals surface area (Å²) in [5, 5.41) is 12.8. The number of rotatable bonds is 3. The van der Waals surface area contributed by atoms with Gasteiger partial charge in [0.2, 0.25) is 0 Å². The van der Waals surface area contributed by atoms with Crippen molar-refractivity contribution >= 4 is 34.8 Å². The standard InChI is InChI=1S/C13H16Cl2N2O2/c14-10-6-8(16)5-9(11(10)15)12(19)17-13(7-18)3-1-2-4-13/h5-6,18H,1-4,7,16H2,(H,17,19). The van der Waals surface area contributed by atoms with Crippen molar-refractivity contribution in [2.24, 2.45) is 0 Å². The molecule has 1 aliphatic rings. The molecule has 0 radical (unpaired) electrons. The second-order valence-electron chi connectivity index (χ2n) is 4.96. The topological polar surface area (TPSA) is 75.4 Å². The average Bonchev–Trinajstić information content (AvgIpc) is 2.82. The maximum atomic E-state index is 12.3. The number of carbonyl (C=O) groups excluding carboxylic acids is 1. The molecule has 0 aliphatic heterocycles. The number of hydrogen-bond acceptors (Lipinski definition) is 3. The molecule has 4 N–H and O–H groups in total. The Morgan fingerprint density at radius 2 is 2.00 bits per heavy atom. The van der Waals surface area contributed by atoms with Gasteiger partial charge in [-0.15, -0.1) is 0 Å². The molecule has 19 heavy (non-hydrogen) atoms. The zero-order chi connectivity index (χ0) is 14.0. The molecule has 6 heteroatoms. The summed E-state index contributed by atoms with van der Waals surface area (Å²) in [6, 6.07) is 2.99. The van der Waals surface area contributed by atoms with Crippen LogP contribution in [0.4, 0.5) is 5.69 Å². The number of nitrogens with one attached hydrogen (secondary N) is 1. The summed E-state index contributed by atoms with van der Waals surface area (Å²) in [5.74, 6) is -0.352. The fourth-order valence-corrected chi connectivity index (χ4v) is 2.88. The number of carbonyl (C=O) groups is 1. The highest BCUT2D eigenvalue weighted by atomic mass is 35.5. The maximum absolute atomic E-state index is 12.3. The lowest BCUT2D eigenvalue weighted by atomic mass is 9.98. The first-order chi connectivity index (χ1) is 8.97. The maximum Gasteiger partial charge on any atom is 0.253 e. The predicted octanol–water partition coefficient (Wildman–Crippen LogP) is 2.61. The number of halogens is 2. The van der Waals surface area contributed by atoms with Crippen molar-refractivity contribution in [3.8, 4) is 0 Å². The van der Waals surface area contributed by atoms with Crippen LogP contribution in [0.3, 0.4) is 0 Å². The fraction of sp³-hybridized carbons (Fsp3) is 0.462. The van der Waals surface area contributed by atoms with Crippen LogP contribution < -0.4 is 11.1 Å². The third-order valence-electron chi connectivity index (χ3n) is 3.54. The Morgan fingerprint density at radius 1 is 1.37 bits per heavy atom. The lowest BCUT2D eigenvalue weighted by Crippen LogP contribution is -2.49. The van der Waals surface area contributed by atoms with Crippen molar-refractivity contribution in [2.75, 3.05) is 12.3 Å². The molecular weight excluding hydrogens is 287 g/mol. The Labute approximate surface area is 121 Å². The van der Waals surface area contributed by atoms with Crippen LogP contribution in [0.25, 0.3) is 0 Å². The van der Waals surface area contributed by atoms with E-state index in [4.69, 9.17) is 28.9 Å². The Hall–Kier alpha value is -0.970. The number of amides is 1. The minimum atomic E-state index is -0.544. The Bertz CT molecular complexity index is 500. The second-order valence-corrected chi connectivity index (χ2v) is 5.75. The molecule has 1 saturated carbocycles. The SMILES string of the molecule is Nc1cc(Cl)c(Cl)c(C(=O)NC2(CO)CCCC2)c1. The summed E-state index contributed by atoms with van der Waals surface area (Å²) in [6.45, 7) is -0.0770. The molecule has 0 atom stereocenters. The molecule has 0 saturated heterocycles. The molecule has 2 rings (SSSR count). The number of nitrogens with two attached hydrogens (primary N) is 1. The first-order valence-corrected chi connectivity index (χ1v) is 6.91. The molecule has 0 unspecified atom stereocenters. The zero-order valence-electron chi connectivity index (χ0n) is 10.4. The van der Waals surface area contributed by atoms with Crippen molar-refractivity contribution in [3.05, 3.63) is 27.7 Å². The third-order valence-corrected chi connectivity index (χ3v) is 4.34. The van der Waals surface area contributed by atoms with Crippen LogP contribution >= 0.6 is 23.2 Å². The molecule has 0 spiro atoms. The van der Waals surface area contributed by atoms with Crippen LogP contribution in [-0.2, 0) is 0 Å². The van der Waals surface area contributed by atoms with Gasteiger partial charge >= 0.3 is 0 Å². The van der Waals surface area contributed by atoms with Gasteiger partial charge in [-0.3, -0.25) is 4.79 Å². The molecule has 1 aromatic carbocycles. The number of aliphatic hydroxyl groups is 1. The van der Waals surface area contributed by atoms with Gasteiger partial charge in [-0.2, -0.15) is 0 Å². The molecular formula is C13H16Cl2N2O2. The minimum Gasteiger partial charge on any atom is -0.399 e. The van der Waals surface area contributed by atoms with Crippen molar-refractivity contribution in [2.45, 2.75) is 31.2 Å². The molecule has 1 aromatic rings. The van der Waals surface area contributed by atoms with Gasteiger partial charge in [0.1, 0.15) is 0 Å². The molecule has 4 nitrogen and oxygen atoms in total. The van der Waals surface area contributed by atoms with Crippen molar-refractivity contribution in [3.63, 3.8) is 0 Å². The highest BCUT2D eigenvalue weighted by Crippen LogP contribution is 2.32. The fourth-order valence-electron chi connectivity index (χ4n) is 2.46. The van der Waals surface area contributed by atoms with Crippen molar-refractivity contribution < 1.29 is 9.90 Å². The highest BCUT2D eigenvalue weighted by Gasteiger charge is 2.35. The molecule has 104 valence electrons. The first kappa shape index (κ1) is 14.4. The lowest BCUT2D eigenvalue weighted by Gasteiger charge is -2.28. The number of nitrogen functional groups attached to an aromatic ring is 1. The minimum absolute atomic E-state index is 0.0770. The third kappa shape index (κ3) is 2.96. The van der Waals surface area contributed by atoms with Gasteiger partial charge in [-0.1, -0.05) is 36.0 Å². The van der Waals surface area contributed by atoms with E-state index in [2.05, 4.69) is 5.32 Å². The largest absolute Gasteiger partial charge is 0.399 e. The first-order valence-electron chi connectivity index (χ1n) is 6.15. The van der Waals surface area contributed by atoms with E-state index in [0.717, 1.165) is 25.7 Å². The van der Waals surface area contributed by atoms with Crippen LogP contribution in [-0.4, -0.2) is 23.2 Å². The monoisotopic (exact) mass is 302 g/mol. The zero-order valence-corrected chi connectivity index (χ0v) is 11.9. The van der Waals surface area contributed by atoms with Crippen LogP contribution in [0.15, 0.2) is 12.1 Å². The number of anilines is 1. The van der Waals surface area contributed by atoms with E-state index < -0.39 is 5.54 Å². The Kier molecular flexibility index (Phi) is 4.23. The van der Waals surface area contributed by atoms with E-state index in [1.54, 1.807) is 0 Å². The van der Waals surface area contributed by atoms with E-state index in [1.807, 2.05) is 0 Å². The number of benzene rings is 1. The summed E-state index contributed by atoms with van der Waals surface area (Å²) >= 11 is 11.9. The van der Waals surface area contributed by atoms with E-state index in [1.165, 1.54) is 12.1 Å². The van der Waals surface area contributed by atoms with Crippen molar-refractivity contribution in [1.82, 2.24) is 5.32 Å². The predicted molar refractivity (Wildman–Crippen MR) is 76.6 cm³/mol. The van der Waals surface area contributed by atoms with Gasteiger partial charge in [0, 0.05) is 5.69 Å². The van der Waals surface area contributed by atoms with Crippen LogP contribution in [0.1, 0.15) is 36.0 Å².